The molecule has 0 saturated heterocycles. The quantitative estimate of drug-likeness (QED) is 0.549. The highest BCUT2D eigenvalue weighted by Crippen LogP contribution is 2.23. The third-order valence-corrected chi connectivity index (χ3v) is 3.02. The van der Waals surface area contributed by atoms with Gasteiger partial charge >= 0.3 is 0 Å². The third kappa shape index (κ3) is 1.07. The zero-order valence-corrected chi connectivity index (χ0v) is 7.76. The molecule has 10 heavy (non-hydrogen) atoms. The van der Waals surface area contributed by atoms with Crippen molar-refractivity contribution in [1.29, 1.82) is 0 Å². The van der Waals surface area contributed by atoms with Gasteiger partial charge in [-0.25, -0.2) is 0 Å². The molecule has 0 radical (unpaired) electrons. The number of H-pyrrole nitrogens is 1. The zero-order chi connectivity index (χ0) is 6.97. The molecule has 0 aliphatic heterocycles. The highest BCUT2D eigenvalue weighted by atomic mass is 127. The minimum absolute atomic E-state index is 0.822. The molecule has 0 saturated carbocycles. The molecular weight excluding hydrogens is 239 g/mol. The summed E-state index contributed by atoms with van der Waals surface area (Å²) in [5.41, 5.74) is 2.78. The van der Waals surface area contributed by atoms with Crippen LogP contribution in [-0.2, 0) is 12.8 Å². The van der Waals surface area contributed by atoms with Crippen molar-refractivity contribution < 1.29 is 0 Å². The maximum atomic E-state index is 4.01. The van der Waals surface area contributed by atoms with E-state index in [4.69, 9.17) is 0 Å². The average molecular weight is 248 g/mol. The Morgan fingerprint density at radius 3 is 3.50 bits per heavy atom. The Morgan fingerprint density at radius 2 is 2.60 bits per heavy atom. The van der Waals surface area contributed by atoms with Crippen LogP contribution < -0.4 is 0 Å². The summed E-state index contributed by atoms with van der Waals surface area (Å²) in [6.07, 6.45) is 5.64. The molecule has 0 aromatic carbocycles. The Labute approximate surface area is 73.5 Å². The van der Waals surface area contributed by atoms with E-state index in [9.17, 15) is 0 Å². The van der Waals surface area contributed by atoms with Crippen molar-refractivity contribution in [3.63, 3.8) is 0 Å². The summed E-state index contributed by atoms with van der Waals surface area (Å²) in [4.78, 5) is 0. The van der Waals surface area contributed by atoms with E-state index in [2.05, 4.69) is 32.8 Å². The lowest BCUT2D eigenvalue weighted by atomic mass is 9.99. The van der Waals surface area contributed by atoms with E-state index in [1.54, 1.807) is 0 Å². The number of halogens is 1. The first-order chi connectivity index (χ1) is 4.86. The normalized spacial score (nSPS) is 24.3. The van der Waals surface area contributed by atoms with Gasteiger partial charge in [-0.15, -0.1) is 0 Å². The van der Waals surface area contributed by atoms with Gasteiger partial charge in [-0.1, -0.05) is 22.6 Å². The van der Waals surface area contributed by atoms with Crippen LogP contribution in [0.25, 0.3) is 0 Å². The number of nitrogens with zero attached hydrogens (tertiary/aromatic N) is 1. The molecule has 1 aromatic rings. The fraction of sp³-hybridized carbons (Fsp3) is 0.571. The van der Waals surface area contributed by atoms with E-state index >= 15 is 0 Å². The van der Waals surface area contributed by atoms with Gasteiger partial charge < -0.3 is 0 Å². The monoisotopic (exact) mass is 248 g/mol. The molecule has 2 rings (SSSR count). The van der Waals surface area contributed by atoms with Gasteiger partial charge in [0.2, 0.25) is 0 Å². The van der Waals surface area contributed by atoms with Crippen LogP contribution in [0, 0.1) is 0 Å². The lowest BCUT2D eigenvalue weighted by molar-refractivity contribution is 0.709. The van der Waals surface area contributed by atoms with Crippen LogP contribution in [0.4, 0.5) is 0 Å². The minimum atomic E-state index is 0.822. The molecule has 1 aromatic heterocycles. The van der Waals surface area contributed by atoms with Crippen molar-refractivity contribution >= 4 is 22.6 Å². The Kier molecular flexibility index (Phi) is 1.68. The van der Waals surface area contributed by atoms with Crippen LogP contribution in [0.5, 0.6) is 0 Å². The average Bonchev–Trinajstić information content (AvgIpc) is 2.33. The molecule has 1 N–H and O–H groups in total. The van der Waals surface area contributed by atoms with Gasteiger partial charge in [0.1, 0.15) is 0 Å². The van der Waals surface area contributed by atoms with Crippen molar-refractivity contribution in [2.24, 2.45) is 0 Å². The van der Waals surface area contributed by atoms with Gasteiger partial charge in [0.25, 0.3) is 0 Å². The van der Waals surface area contributed by atoms with Gasteiger partial charge in [0.15, 0.2) is 0 Å². The van der Waals surface area contributed by atoms with E-state index < -0.39 is 0 Å². The van der Waals surface area contributed by atoms with Gasteiger partial charge in [0.05, 0.1) is 6.20 Å². The van der Waals surface area contributed by atoms with Gasteiger partial charge in [-0.3, -0.25) is 5.10 Å². The van der Waals surface area contributed by atoms with Gasteiger partial charge in [-0.05, 0) is 24.8 Å². The van der Waals surface area contributed by atoms with Crippen LogP contribution in [0.15, 0.2) is 6.20 Å². The second kappa shape index (κ2) is 2.53. The summed E-state index contributed by atoms with van der Waals surface area (Å²) in [6.45, 7) is 0. The second-order valence-corrected chi connectivity index (χ2v) is 4.48. The maximum Gasteiger partial charge on any atom is 0.0522 e. The van der Waals surface area contributed by atoms with Crippen LogP contribution in [0.3, 0.4) is 0 Å². The Bertz CT molecular complexity index is 231. The number of aromatic amines is 1. The van der Waals surface area contributed by atoms with Crippen LogP contribution in [0.1, 0.15) is 17.7 Å². The van der Waals surface area contributed by atoms with Crippen molar-refractivity contribution in [2.45, 2.75) is 23.2 Å². The fourth-order valence-electron chi connectivity index (χ4n) is 1.37. The van der Waals surface area contributed by atoms with Crippen LogP contribution >= 0.6 is 22.6 Å². The van der Waals surface area contributed by atoms with E-state index in [1.807, 2.05) is 6.20 Å². The highest BCUT2D eigenvalue weighted by molar-refractivity contribution is 14.1. The molecular formula is C7H9IN2. The largest absolute Gasteiger partial charge is 0.282 e. The summed E-state index contributed by atoms with van der Waals surface area (Å²) in [6, 6.07) is 0. The maximum absolute atomic E-state index is 4.01. The fourth-order valence-corrected chi connectivity index (χ4v) is 2.16. The third-order valence-electron chi connectivity index (χ3n) is 1.96. The second-order valence-electron chi connectivity index (χ2n) is 2.71. The molecule has 2 nitrogen and oxygen atoms in total. The van der Waals surface area contributed by atoms with Gasteiger partial charge in [-0.2, -0.15) is 5.10 Å². The Hall–Kier alpha value is -0.0600. The van der Waals surface area contributed by atoms with Crippen molar-refractivity contribution in [2.75, 3.05) is 0 Å². The van der Waals surface area contributed by atoms with E-state index in [1.165, 1.54) is 30.5 Å². The SMILES string of the molecule is IC1CCc2[nH]ncc2C1. The molecule has 3 heteroatoms. The van der Waals surface area contributed by atoms with Crippen LogP contribution in [-0.4, -0.2) is 14.1 Å². The number of nitrogens with one attached hydrogen (secondary N) is 1. The van der Waals surface area contributed by atoms with Crippen molar-refractivity contribution in [1.82, 2.24) is 10.2 Å². The summed E-state index contributed by atoms with van der Waals surface area (Å²) in [5, 5.41) is 7.03. The topological polar surface area (TPSA) is 28.7 Å². The molecule has 1 atom stereocenters. The summed E-state index contributed by atoms with van der Waals surface area (Å²) < 4.78 is 0.822. The number of alkyl halides is 1. The van der Waals surface area contributed by atoms with E-state index in [0.717, 1.165) is 3.92 Å². The predicted octanol–water partition coefficient (Wildman–Crippen LogP) is 1.70. The highest BCUT2D eigenvalue weighted by Gasteiger charge is 2.16. The molecule has 0 spiro atoms. The van der Waals surface area contributed by atoms with Crippen molar-refractivity contribution in [3.8, 4) is 0 Å². The zero-order valence-electron chi connectivity index (χ0n) is 5.60. The predicted molar refractivity (Wildman–Crippen MR) is 48.4 cm³/mol. The number of hydrogen-bond acceptors (Lipinski definition) is 1. The molecule has 1 heterocycles. The first-order valence-corrected chi connectivity index (χ1v) is 4.76. The number of fused-ring (bicyclic) bond motifs is 1. The first-order valence-electron chi connectivity index (χ1n) is 3.51. The van der Waals surface area contributed by atoms with E-state index in [0.29, 0.717) is 0 Å². The Morgan fingerprint density at radius 1 is 1.70 bits per heavy atom. The lowest BCUT2D eigenvalue weighted by Gasteiger charge is -2.14. The van der Waals surface area contributed by atoms with E-state index in [-0.39, 0.29) is 0 Å². The molecule has 1 aliphatic rings. The standard InChI is InChI=1S/C7H9IN2/c8-6-1-2-7-5(3-6)4-9-10-7/h4,6H,1-3H2,(H,9,10). The molecule has 1 unspecified atom stereocenters. The number of rotatable bonds is 0. The molecule has 0 fully saturated rings. The number of aryl methyl sites for hydroxylation is 1. The van der Waals surface area contributed by atoms with Gasteiger partial charge in [0, 0.05) is 9.62 Å². The lowest BCUT2D eigenvalue weighted by Crippen LogP contribution is -2.11. The van der Waals surface area contributed by atoms with Crippen molar-refractivity contribution in [3.05, 3.63) is 17.5 Å². The number of hydrogen-bond donors (Lipinski definition) is 1. The molecule has 1 aliphatic carbocycles. The summed E-state index contributed by atoms with van der Waals surface area (Å²) in [7, 11) is 0. The molecule has 0 amide bonds. The summed E-state index contributed by atoms with van der Waals surface area (Å²) in [5.74, 6) is 0. The molecule has 54 valence electrons. The number of aromatic nitrogens is 2. The smallest absolute Gasteiger partial charge is 0.0522 e. The molecule has 0 bridgehead atoms. The Balaban J connectivity index is 2.30. The van der Waals surface area contributed by atoms with Crippen LogP contribution in [0.2, 0.25) is 0 Å². The summed E-state index contributed by atoms with van der Waals surface area (Å²) >= 11 is 2.51. The first kappa shape index (κ1) is 6.64. The minimum Gasteiger partial charge on any atom is -0.282 e.